The molecule has 2 rings (SSSR count). The number of nitrogens with zero attached hydrogens (tertiary/aromatic N) is 2. The molecule has 1 aliphatic rings. The molecule has 0 radical (unpaired) electrons. The van der Waals surface area contributed by atoms with Crippen LogP contribution in [0.25, 0.3) is 0 Å². The maximum Gasteiger partial charge on any atom is 0.410 e. The lowest BCUT2D eigenvalue weighted by Crippen LogP contribution is -2.54. The van der Waals surface area contributed by atoms with Gasteiger partial charge in [0.2, 0.25) is 0 Å². The monoisotopic (exact) mass is 426 g/mol. The van der Waals surface area contributed by atoms with Gasteiger partial charge < -0.3 is 14.4 Å². The fraction of sp³-hybridized carbons (Fsp3) is 0.579. The van der Waals surface area contributed by atoms with Crippen molar-refractivity contribution in [3.05, 3.63) is 33.8 Å². The second-order valence-electron chi connectivity index (χ2n) is 7.54. The normalized spacial score (nSPS) is 18.5. The molecule has 0 aliphatic carbocycles. The number of esters is 1. The van der Waals surface area contributed by atoms with Crippen molar-refractivity contribution in [2.24, 2.45) is 0 Å². The first kappa shape index (κ1) is 20.7. The number of hydrogen-bond acceptors (Lipinski definition) is 5. The van der Waals surface area contributed by atoms with E-state index in [1.54, 1.807) is 11.0 Å². The third-order valence-electron chi connectivity index (χ3n) is 4.27. The molecule has 1 aliphatic heterocycles. The number of rotatable bonds is 3. The van der Waals surface area contributed by atoms with Gasteiger partial charge in [0.05, 0.1) is 12.7 Å². The van der Waals surface area contributed by atoms with Crippen molar-refractivity contribution in [3.8, 4) is 0 Å². The number of hydrogen-bond donors (Lipinski definition) is 0. The van der Waals surface area contributed by atoms with Crippen LogP contribution in [0.2, 0.25) is 0 Å². The molecule has 1 aromatic carbocycles. The van der Waals surface area contributed by atoms with Crippen molar-refractivity contribution in [1.82, 2.24) is 9.80 Å². The zero-order chi connectivity index (χ0) is 19.5. The summed E-state index contributed by atoms with van der Waals surface area (Å²) in [6, 6.07) is 5.79. The van der Waals surface area contributed by atoms with Gasteiger partial charge in [0.25, 0.3) is 0 Å². The van der Waals surface area contributed by atoms with Crippen LogP contribution in [0.5, 0.6) is 0 Å². The first-order valence-corrected chi connectivity index (χ1v) is 9.48. The van der Waals surface area contributed by atoms with Gasteiger partial charge in [0.15, 0.2) is 0 Å². The Kier molecular flexibility index (Phi) is 6.69. The minimum atomic E-state index is -0.496. The smallest absolute Gasteiger partial charge is 0.410 e. The van der Waals surface area contributed by atoms with Gasteiger partial charge in [-0.15, -0.1) is 0 Å². The Bertz CT molecular complexity index is 672. The molecule has 0 bridgehead atoms. The third kappa shape index (κ3) is 5.45. The standard InChI is InChI=1S/C19H27BrN2O4/c1-13-11-22(18(24)26-19(2,3)4)9-8-21(13)12-14-6-7-15(20)10-16(14)17(23)25-5/h6-7,10,13H,8-9,11-12H2,1-5H3/t13-/m0/s1. The van der Waals surface area contributed by atoms with E-state index in [0.29, 0.717) is 25.2 Å². The van der Waals surface area contributed by atoms with Crippen LogP contribution in [-0.2, 0) is 16.0 Å². The molecule has 1 heterocycles. The van der Waals surface area contributed by atoms with Crippen molar-refractivity contribution < 1.29 is 19.1 Å². The molecule has 6 nitrogen and oxygen atoms in total. The number of piperazine rings is 1. The molecule has 0 unspecified atom stereocenters. The Balaban J connectivity index is 2.05. The van der Waals surface area contributed by atoms with Gasteiger partial charge in [-0.05, 0) is 45.4 Å². The molecule has 1 saturated heterocycles. The van der Waals surface area contributed by atoms with E-state index in [9.17, 15) is 9.59 Å². The van der Waals surface area contributed by atoms with E-state index in [1.807, 2.05) is 32.9 Å². The highest BCUT2D eigenvalue weighted by Crippen LogP contribution is 2.22. The Morgan fingerprint density at radius 1 is 1.27 bits per heavy atom. The predicted molar refractivity (Wildman–Crippen MR) is 103 cm³/mol. The van der Waals surface area contributed by atoms with E-state index in [0.717, 1.165) is 16.6 Å². The van der Waals surface area contributed by atoms with Crippen LogP contribution in [0, 0.1) is 0 Å². The van der Waals surface area contributed by atoms with Crippen LogP contribution in [0.3, 0.4) is 0 Å². The summed E-state index contributed by atoms with van der Waals surface area (Å²) in [5, 5.41) is 0. The van der Waals surface area contributed by atoms with Crippen molar-refractivity contribution in [3.63, 3.8) is 0 Å². The van der Waals surface area contributed by atoms with E-state index in [4.69, 9.17) is 9.47 Å². The molecular formula is C19H27BrN2O4. The summed E-state index contributed by atoms with van der Waals surface area (Å²) >= 11 is 3.40. The molecule has 26 heavy (non-hydrogen) atoms. The molecular weight excluding hydrogens is 400 g/mol. The molecule has 0 spiro atoms. The van der Waals surface area contributed by atoms with Crippen LogP contribution in [0.15, 0.2) is 22.7 Å². The summed E-state index contributed by atoms with van der Waals surface area (Å²) in [6.45, 7) is 10.2. The lowest BCUT2D eigenvalue weighted by Gasteiger charge is -2.40. The van der Waals surface area contributed by atoms with Gasteiger partial charge in [-0.3, -0.25) is 4.90 Å². The molecule has 1 atom stereocenters. The summed E-state index contributed by atoms with van der Waals surface area (Å²) in [4.78, 5) is 28.3. The quantitative estimate of drug-likeness (QED) is 0.689. The maximum absolute atomic E-state index is 12.3. The van der Waals surface area contributed by atoms with Crippen molar-refractivity contribution in [2.45, 2.75) is 45.9 Å². The Morgan fingerprint density at radius 2 is 1.96 bits per heavy atom. The number of halogens is 1. The summed E-state index contributed by atoms with van der Waals surface area (Å²) < 4.78 is 11.2. The Labute approximate surface area is 163 Å². The van der Waals surface area contributed by atoms with Gasteiger partial charge in [0, 0.05) is 36.7 Å². The highest BCUT2D eigenvalue weighted by molar-refractivity contribution is 9.10. The first-order valence-electron chi connectivity index (χ1n) is 8.69. The maximum atomic E-state index is 12.3. The van der Waals surface area contributed by atoms with Crippen LogP contribution >= 0.6 is 15.9 Å². The third-order valence-corrected chi connectivity index (χ3v) is 4.76. The van der Waals surface area contributed by atoms with E-state index >= 15 is 0 Å². The zero-order valence-corrected chi connectivity index (χ0v) is 17.6. The van der Waals surface area contributed by atoms with Gasteiger partial charge in [-0.1, -0.05) is 22.0 Å². The summed E-state index contributed by atoms with van der Waals surface area (Å²) in [5.74, 6) is -0.346. The van der Waals surface area contributed by atoms with Gasteiger partial charge in [0.1, 0.15) is 5.60 Å². The lowest BCUT2D eigenvalue weighted by atomic mass is 10.1. The molecule has 1 fully saturated rings. The van der Waals surface area contributed by atoms with Crippen molar-refractivity contribution in [2.75, 3.05) is 26.7 Å². The van der Waals surface area contributed by atoms with Crippen molar-refractivity contribution in [1.29, 1.82) is 0 Å². The van der Waals surface area contributed by atoms with E-state index in [-0.39, 0.29) is 18.1 Å². The first-order chi connectivity index (χ1) is 12.1. The molecule has 0 N–H and O–H groups in total. The zero-order valence-electron chi connectivity index (χ0n) is 16.0. The summed E-state index contributed by atoms with van der Waals surface area (Å²) in [6.07, 6.45) is -0.275. The topological polar surface area (TPSA) is 59.1 Å². The highest BCUT2D eigenvalue weighted by Gasteiger charge is 2.30. The minimum Gasteiger partial charge on any atom is -0.465 e. The Morgan fingerprint density at radius 3 is 2.54 bits per heavy atom. The lowest BCUT2D eigenvalue weighted by molar-refractivity contribution is 0.00458. The molecule has 1 amide bonds. The van der Waals surface area contributed by atoms with Crippen molar-refractivity contribution >= 4 is 28.0 Å². The SMILES string of the molecule is COC(=O)c1cc(Br)ccc1CN1CCN(C(=O)OC(C)(C)C)C[C@@H]1C. The molecule has 0 aromatic heterocycles. The largest absolute Gasteiger partial charge is 0.465 e. The number of ether oxygens (including phenoxy) is 2. The number of benzene rings is 1. The van der Waals surface area contributed by atoms with E-state index in [2.05, 4.69) is 27.8 Å². The van der Waals surface area contributed by atoms with Crippen LogP contribution < -0.4 is 0 Å². The van der Waals surface area contributed by atoms with Gasteiger partial charge >= 0.3 is 12.1 Å². The van der Waals surface area contributed by atoms with Gasteiger partial charge in [-0.25, -0.2) is 9.59 Å². The van der Waals surface area contributed by atoms with Crippen LogP contribution in [0.1, 0.15) is 43.6 Å². The summed E-state index contributed by atoms with van der Waals surface area (Å²) in [5.41, 5.74) is 0.978. The average molecular weight is 427 g/mol. The predicted octanol–water partition coefficient (Wildman–Crippen LogP) is 3.68. The second kappa shape index (κ2) is 8.39. The average Bonchev–Trinajstić information content (AvgIpc) is 2.55. The van der Waals surface area contributed by atoms with E-state index < -0.39 is 5.60 Å². The Hall–Kier alpha value is -1.60. The number of amides is 1. The fourth-order valence-electron chi connectivity index (χ4n) is 2.93. The fourth-order valence-corrected chi connectivity index (χ4v) is 3.29. The molecule has 7 heteroatoms. The number of carbonyl (C=O) groups excluding carboxylic acids is 2. The number of methoxy groups -OCH3 is 1. The number of carbonyl (C=O) groups is 2. The highest BCUT2D eigenvalue weighted by atomic mass is 79.9. The molecule has 0 saturated carbocycles. The van der Waals surface area contributed by atoms with E-state index in [1.165, 1.54) is 7.11 Å². The van der Waals surface area contributed by atoms with Gasteiger partial charge in [-0.2, -0.15) is 0 Å². The summed E-state index contributed by atoms with van der Waals surface area (Å²) in [7, 11) is 1.38. The van der Waals surface area contributed by atoms with Crippen LogP contribution in [0.4, 0.5) is 4.79 Å². The minimum absolute atomic E-state index is 0.158. The molecule has 144 valence electrons. The second-order valence-corrected chi connectivity index (χ2v) is 8.45. The van der Waals surface area contributed by atoms with Crippen LogP contribution in [-0.4, -0.2) is 60.2 Å². The molecule has 1 aromatic rings.